The van der Waals surface area contributed by atoms with Crippen LogP contribution < -0.4 is 5.73 Å². The van der Waals surface area contributed by atoms with Gasteiger partial charge in [0.05, 0.1) is 18.4 Å². The van der Waals surface area contributed by atoms with Crippen molar-refractivity contribution in [3.05, 3.63) is 24.2 Å². The van der Waals surface area contributed by atoms with Gasteiger partial charge in [-0.1, -0.05) is 13.8 Å². The summed E-state index contributed by atoms with van der Waals surface area (Å²) in [6, 6.07) is 1.86. The van der Waals surface area contributed by atoms with E-state index in [1.807, 2.05) is 6.07 Å². The zero-order chi connectivity index (χ0) is 12.8. The van der Waals surface area contributed by atoms with Gasteiger partial charge >= 0.3 is 0 Å². The fraction of sp³-hybridized carbons (Fsp3) is 0.615. The number of furan rings is 1. The quantitative estimate of drug-likeness (QED) is 0.823. The molecule has 0 aromatic carbocycles. The Morgan fingerprint density at radius 2 is 2.24 bits per heavy atom. The van der Waals surface area contributed by atoms with E-state index < -0.39 is 0 Å². The summed E-state index contributed by atoms with van der Waals surface area (Å²) in [6.07, 6.45) is 4.11. The van der Waals surface area contributed by atoms with E-state index in [0.29, 0.717) is 19.0 Å². The van der Waals surface area contributed by atoms with E-state index in [0.717, 1.165) is 12.0 Å². The molecule has 0 saturated carbocycles. The summed E-state index contributed by atoms with van der Waals surface area (Å²) in [4.78, 5) is 13.9. The largest absolute Gasteiger partial charge is 0.472 e. The zero-order valence-electron chi connectivity index (χ0n) is 10.8. The highest BCUT2D eigenvalue weighted by Crippen LogP contribution is 2.14. The lowest BCUT2D eigenvalue weighted by Crippen LogP contribution is -2.36. The molecule has 0 aliphatic carbocycles. The Bertz CT molecular complexity index is 333. The SMILES string of the molecule is CC(C)CC(CN)C(=O)N(C)Cc1ccoc1. The second kappa shape index (κ2) is 6.45. The van der Waals surface area contributed by atoms with Crippen molar-refractivity contribution < 1.29 is 9.21 Å². The first kappa shape index (κ1) is 13.8. The molecule has 0 saturated heterocycles. The normalized spacial score (nSPS) is 12.8. The van der Waals surface area contributed by atoms with Crippen molar-refractivity contribution >= 4 is 5.91 Å². The minimum atomic E-state index is -0.0769. The Morgan fingerprint density at radius 3 is 2.71 bits per heavy atom. The molecule has 0 bridgehead atoms. The van der Waals surface area contributed by atoms with Gasteiger partial charge in [-0.3, -0.25) is 4.79 Å². The molecule has 0 spiro atoms. The molecule has 1 atom stereocenters. The van der Waals surface area contributed by atoms with Gasteiger partial charge in [-0.25, -0.2) is 0 Å². The maximum atomic E-state index is 12.2. The van der Waals surface area contributed by atoms with Crippen LogP contribution in [0.1, 0.15) is 25.8 Å². The number of hydrogen-bond donors (Lipinski definition) is 1. The van der Waals surface area contributed by atoms with E-state index in [2.05, 4.69) is 13.8 Å². The third kappa shape index (κ3) is 4.23. The molecule has 2 N–H and O–H groups in total. The Balaban J connectivity index is 2.54. The topological polar surface area (TPSA) is 59.5 Å². The Labute approximate surface area is 103 Å². The smallest absolute Gasteiger partial charge is 0.227 e. The predicted octanol–water partition coefficient (Wildman–Crippen LogP) is 1.86. The fourth-order valence-corrected chi connectivity index (χ4v) is 1.91. The van der Waals surface area contributed by atoms with Crippen molar-refractivity contribution in [1.82, 2.24) is 4.90 Å². The van der Waals surface area contributed by atoms with E-state index in [-0.39, 0.29) is 11.8 Å². The van der Waals surface area contributed by atoms with Gasteiger partial charge in [0.2, 0.25) is 5.91 Å². The maximum Gasteiger partial charge on any atom is 0.227 e. The lowest BCUT2D eigenvalue weighted by Gasteiger charge is -2.23. The molecule has 17 heavy (non-hydrogen) atoms. The van der Waals surface area contributed by atoms with E-state index >= 15 is 0 Å². The minimum Gasteiger partial charge on any atom is -0.472 e. The van der Waals surface area contributed by atoms with E-state index in [1.165, 1.54) is 0 Å². The van der Waals surface area contributed by atoms with Crippen LogP contribution in [0.2, 0.25) is 0 Å². The highest BCUT2D eigenvalue weighted by Gasteiger charge is 2.21. The van der Waals surface area contributed by atoms with E-state index in [1.54, 1.807) is 24.5 Å². The first-order valence-corrected chi connectivity index (χ1v) is 6.00. The number of carbonyl (C=O) groups excluding carboxylic acids is 1. The molecular weight excluding hydrogens is 216 g/mol. The average molecular weight is 238 g/mol. The van der Waals surface area contributed by atoms with Crippen molar-refractivity contribution in [3.8, 4) is 0 Å². The molecular formula is C13H22N2O2. The first-order valence-electron chi connectivity index (χ1n) is 6.00. The summed E-state index contributed by atoms with van der Waals surface area (Å²) in [6.45, 7) is 5.19. The molecule has 1 rings (SSSR count). The van der Waals surface area contributed by atoms with Crippen molar-refractivity contribution in [2.24, 2.45) is 17.6 Å². The monoisotopic (exact) mass is 238 g/mol. The van der Waals surface area contributed by atoms with Crippen molar-refractivity contribution in [2.45, 2.75) is 26.8 Å². The highest BCUT2D eigenvalue weighted by molar-refractivity contribution is 5.78. The molecule has 0 aliphatic rings. The number of amides is 1. The molecule has 4 heteroatoms. The van der Waals surface area contributed by atoms with Crippen molar-refractivity contribution in [3.63, 3.8) is 0 Å². The number of carbonyl (C=O) groups is 1. The fourth-order valence-electron chi connectivity index (χ4n) is 1.91. The van der Waals surface area contributed by atoms with Crippen LogP contribution >= 0.6 is 0 Å². The standard InChI is InChI=1S/C13H22N2O2/c1-10(2)6-12(7-14)13(16)15(3)8-11-4-5-17-9-11/h4-5,9-10,12H,6-8,14H2,1-3H3. The molecule has 1 unspecified atom stereocenters. The van der Waals surface area contributed by atoms with Gasteiger partial charge in [0, 0.05) is 25.7 Å². The number of nitrogens with zero attached hydrogens (tertiary/aromatic N) is 1. The second-order valence-corrected chi connectivity index (χ2v) is 4.89. The van der Waals surface area contributed by atoms with Gasteiger partial charge in [0.15, 0.2) is 0 Å². The number of rotatable bonds is 6. The lowest BCUT2D eigenvalue weighted by molar-refractivity contribution is -0.134. The van der Waals surface area contributed by atoms with Gasteiger partial charge in [-0.2, -0.15) is 0 Å². The van der Waals surface area contributed by atoms with Crippen LogP contribution in [0, 0.1) is 11.8 Å². The number of hydrogen-bond acceptors (Lipinski definition) is 3. The Kier molecular flexibility index (Phi) is 5.22. The molecule has 96 valence electrons. The van der Waals surface area contributed by atoms with Crippen molar-refractivity contribution in [2.75, 3.05) is 13.6 Å². The summed E-state index contributed by atoms with van der Waals surface area (Å²) >= 11 is 0. The van der Waals surface area contributed by atoms with E-state index in [4.69, 9.17) is 10.2 Å². The van der Waals surface area contributed by atoms with Gasteiger partial charge in [0.1, 0.15) is 0 Å². The second-order valence-electron chi connectivity index (χ2n) is 4.89. The maximum absolute atomic E-state index is 12.2. The number of nitrogens with two attached hydrogens (primary N) is 1. The van der Waals surface area contributed by atoms with Gasteiger partial charge in [-0.15, -0.1) is 0 Å². The molecule has 0 fully saturated rings. The molecule has 1 heterocycles. The summed E-state index contributed by atoms with van der Waals surface area (Å²) in [5.41, 5.74) is 6.67. The summed E-state index contributed by atoms with van der Waals surface area (Å²) in [7, 11) is 1.80. The first-order chi connectivity index (χ1) is 8.04. The average Bonchev–Trinajstić information content (AvgIpc) is 2.77. The molecule has 1 aromatic heterocycles. The summed E-state index contributed by atoms with van der Waals surface area (Å²) in [5.74, 6) is 0.518. The molecule has 1 amide bonds. The highest BCUT2D eigenvalue weighted by atomic mass is 16.3. The van der Waals surface area contributed by atoms with Crippen LogP contribution in [0.5, 0.6) is 0 Å². The predicted molar refractivity (Wildman–Crippen MR) is 67.2 cm³/mol. The summed E-state index contributed by atoms with van der Waals surface area (Å²) in [5, 5.41) is 0. The van der Waals surface area contributed by atoms with Crippen LogP contribution in [-0.2, 0) is 11.3 Å². The van der Waals surface area contributed by atoms with Gasteiger partial charge in [0.25, 0.3) is 0 Å². The van der Waals surface area contributed by atoms with Crippen LogP contribution in [0.3, 0.4) is 0 Å². The minimum absolute atomic E-state index is 0.0769. The summed E-state index contributed by atoms with van der Waals surface area (Å²) < 4.78 is 4.98. The van der Waals surface area contributed by atoms with Crippen LogP contribution in [-0.4, -0.2) is 24.4 Å². The molecule has 0 aliphatic heterocycles. The third-order valence-corrected chi connectivity index (χ3v) is 2.77. The van der Waals surface area contributed by atoms with Gasteiger partial charge < -0.3 is 15.1 Å². The van der Waals surface area contributed by atoms with Gasteiger partial charge in [-0.05, 0) is 18.4 Å². The zero-order valence-corrected chi connectivity index (χ0v) is 10.8. The molecule has 4 nitrogen and oxygen atoms in total. The van der Waals surface area contributed by atoms with Crippen LogP contribution in [0.4, 0.5) is 0 Å². The Hall–Kier alpha value is -1.29. The van der Waals surface area contributed by atoms with Crippen molar-refractivity contribution in [1.29, 1.82) is 0 Å². The third-order valence-electron chi connectivity index (χ3n) is 2.77. The lowest BCUT2D eigenvalue weighted by atomic mass is 9.96. The van der Waals surface area contributed by atoms with E-state index in [9.17, 15) is 4.79 Å². The van der Waals surface area contributed by atoms with Crippen LogP contribution in [0.25, 0.3) is 0 Å². The Morgan fingerprint density at radius 1 is 1.53 bits per heavy atom. The molecule has 0 radical (unpaired) electrons. The molecule has 1 aromatic rings. The van der Waals surface area contributed by atoms with Crippen LogP contribution in [0.15, 0.2) is 23.0 Å².